The average Bonchev–Trinajstić information content (AvgIpc) is 3.39. The van der Waals surface area contributed by atoms with Crippen LogP contribution in [0, 0.1) is 0 Å². The molecule has 2 radical (unpaired) electrons. The van der Waals surface area contributed by atoms with Gasteiger partial charge < -0.3 is 35.3 Å². The van der Waals surface area contributed by atoms with E-state index in [1.54, 1.807) is 0 Å². The van der Waals surface area contributed by atoms with Gasteiger partial charge in [0.1, 0.15) is 9.52 Å². The Kier molecular flexibility index (Phi) is 27.0. The Morgan fingerprint density at radius 2 is 1.13 bits per heavy atom. The molecule has 4 rings (SSSR count). The Labute approximate surface area is 270 Å². The molecule has 0 aliphatic rings. The fourth-order valence-electron chi connectivity index (χ4n) is 3.88. The molecule has 206 valence electrons. The van der Waals surface area contributed by atoms with Crippen LogP contribution in [0.2, 0.25) is 0 Å². The van der Waals surface area contributed by atoms with Crippen LogP contribution in [0.15, 0.2) is 103 Å². The van der Waals surface area contributed by atoms with E-state index in [9.17, 15) is 4.79 Å². The van der Waals surface area contributed by atoms with Crippen LogP contribution in [-0.2, 0) is 30.6 Å². The third kappa shape index (κ3) is 20.0. The molecule has 4 aromatic carbocycles. The van der Waals surface area contributed by atoms with Crippen LogP contribution < -0.4 is 35.2 Å². The Morgan fingerprint density at radius 1 is 0.667 bits per heavy atom. The van der Waals surface area contributed by atoms with Gasteiger partial charge in [0.05, 0.1) is 0 Å². The summed E-state index contributed by atoms with van der Waals surface area (Å²) in [4.78, 5) is 10.3. The number of unbranched alkanes of at least 4 members (excludes halogenated alkanes) is 8. The number of nitrogens with one attached hydrogen (secondary N) is 1. The molecule has 1 amide bonds. The minimum Gasteiger partial charge on any atom is -1.00 e. The molecule has 0 fully saturated rings. The summed E-state index contributed by atoms with van der Waals surface area (Å²) in [6, 6.07) is 35.8. The second-order valence-corrected chi connectivity index (χ2v) is 10.4. The summed E-state index contributed by atoms with van der Waals surface area (Å²) >= 11 is 0. The number of benzene rings is 3. The molecule has 2 nitrogen and oxygen atoms in total. The first-order chi connectivity index (χ1) is 17.7. The van der Waals surface area contributed by atoms with E-state index < -0.39 is 5.91 Å². The number of halogens is 2. The predicted octanol–water partition coefficient (Wildman–Crippen LogP) is 2.39. The number of hydrogen-bond acceptors (Lipinski definition) is 1. The predicted molar refractivity (Wildman–Crippen MR) is 159 cm³/mol. The molecule has 0 bridgehead atoms. The van der Waals surface area contributed by atoms with Crippen molar-refractivity contribution in [1.82, 2.24) is 0 Å². The van der Waals surface area contributed by atoms with Crippen LogP contribution in [-0.4, -0.2) is 15.4 Å². The van der Waals surface area contributed by atoms with Crippen molar-refractivity contribution in [3.05, 3.63) is 109 Å². The molecule has 4 aromatic rings. The molecule has 1 N–H and O–H groups in total. The zero-order chi connectivity index (χ0) is 25.7. The van der Waals surface area contributed by atoms with E-state index in [1.807, 2.05) is 0 Å². The number of hydrogen-bond donors (Lipinski definition) is 0. The Balaban J connectivity index is 0. The first-order valence-electron chi connectivity index (χ1n) is 13.4. The van der Waals surface area contributed by atoms with E-state index >= 15 is 0 Å². The third-order valence-electron chi connectivity index (χ3n) is 5.89. The minimum absolute atomic E-state index is 0. The molecule has 0 saturated heterocycles. The monoisotopic (exact) mass is 745 g/mol. The maximum absolute atomic E-state index is 10.3. The van der Waals surface area contributed by atoms with Gasteiger partial charge in [0, 0.05) is 5.91 Å². The van der Waals surface area contributed by atoms with Gasteiger partial charge in [-0.3, -0.25) is 0 Å². The maximum atomic E-state index is 10.3. The molecule has 6 heteroatoms. The number of fused-ring (bicyclic) bond motifs is 1. The van der Waals surface area contributed by atoms with Crippen molar-refractivity contribution in [2.24, 2.45) is 0 Å². The first kappa shape index (κ1) is 39.5. The molecule has 0 saturated carbocycles. The van der Waals surface area contributed by atoms with Crippen LogP contribution in [0.3, 0.4) is 0 Å². The van der Waals surface area contributed by atoms with Gasteiger partial charge in [-0.05, 0) is 12.8 Å². The van der Waals surface area contributed by atoms with Crippen molar-refractivity contribution in [2.75, 3.05) is 0 Å². The van der Waals surface area contributed by atoms with Gasteiger partial charge in [0.25, 0.3) is 0 Å². The molecule has 0 aliphatic carbocycles. The van der Waals surface area contributed by atoms with E-state index in [-0.39, 0.29) is 50.7 Å². The first-order valence-corrected chi connectivity index (χ1v) is 14.4. The van der Waals surface area contributed by atoms with Gasteiger partial charge in [0.15, 0.2) is 0 Å². The summed E-state index contributed by atoms with van der Waals surface area (Å²) in [5.74, 6) is -0.409. The quantitative estimate of drug-likeness (QED) is 0.125. The van der Waals surface area contributed by atoms with E-state index in [2.05, 4.69) is 110 Å². The fraction of sp³-hybridized carbons (Fsp3) is 0.333. The summed E-state index contributed by atoms with van der Waals surface area (Å²) in [7, 11) is 0.777. The van der Waals surface area contributed by atoms with E-state index in [4.69, 9.17) is 5.73 Å². The zero-order valence-electron chi connectivity index (χ0n) is 23.1. The second kappa shape index (κ2) is 26.6. The van der Waals surface area contributed by atoms with E-state index in [0.29, 0.717) is 6.42 Å². The maximum Gasteiger partial charge on any atom is 4.00 e. The van der Waals surface area contributed by atoms with E-state index in [1.165, 1.54) is 66.1 Å². The second-order valence-electron chi connectivity index (χ2n) is 9.01. The third-order valence-corrected chi connectivity index (χ3v) is 7.14. The summed E-state index contributed by atoms with van der Waals surface area (Å²) in [6.45, 7) is 2.23. The van der Waals surface area contributed by atoms with Crippen molar-refractivity contribution in [1.29, 1.82) is 0 Å². The largest absolute Gasteiger partial charge is 4.00 e. The molecular formula is C33H41Cl2HfNOSi. The number of rotatable bonds is 12. The van der Waals surface area contributed by atoms with Crippen molar-refractivity contribution < 1.29 is 55.5 Å². The summed E-state index contributed by atoms with van der Waals surface area (Å²) in [5, 5.41) is 5.46. The SMILES string of the molecule is CCCCCCCCCCCC([NH-])=O.[Cl-].[Cl-].[Hf+4].c1ccc([Si]c2ccccc2)cc1.c1ccc2[cH-]ccc2c1. The van der Waals surface area contributed by atoms with Crippen LogP contribution >= 0.6 is 0 Å². The standard InChI is InChI=1S/C12H25NO.C12H10Si.C9H7.2ClH.Hf/c1-2-3-4-5-6-7-8-9-10-11-12(13)14;1-3-7-11(8-4-1)13-12-9-5-2-6-10-12;1-2-5-9-7-3-6-8(9)4-1;;;/h2-11H2,1H3,(H2,13,14);1-10H;1-7H;2*1H;/q;;-1;;;+4/p-3. The number of amides is 1. The Hall–Kier alpha value is -1.59. The molecular weight excluding hydrogens is 704 g/mol. The Bertz CT molecular complexity index is 1010. The summed E-state index contributed by atoms with van der Waals surface area (Å²) in [6.07, 6.45) is 11.8. The van der Waals surface area contributed by atoms with Crippen LogP contribution in [0.5, 0.6) is 0 Å². The summed E-state index contributed by atoms with van der Waals surface area (Å²) < 4.78 is 0. The molecule has 0 spiro atoms. The molecule has 0 atom stereocenters. The summed E-state index contributed by atoms with van der Waals surface area (Å²) in [5.41, 5.74) is 6.73. The van der Waals surface area contributed by atoms with Crippen LogP contribution in [0.4, 0.5) is 0 Å². The fourth-order valence-corrected chi connectivity index (χ4v) is 4.93. The zero-order valence-corrected chi connectivity index (χ0v) is 29.2. The van der Waals surface area contributed by atoms with Crippen molar-refractivity contribution in [3.63, 3.8) is 0 Å². The molecule has 0 unspecified atom stereocenters. The van der Waals surface area contributed by atoms with Gasteiger partial charge >= 0.3 is 25.8 Å². The molecule has 0 aromatic heterocycles. The number of carbonyl (C=O) groups is 1. The van der Waals surface area contributed by atoms with Crippen molar-refractivity contribution in [3.8, 4) is 0 Å². The Morgan fingerprint density at radius 3 is 1.62 bits per heavy atom. The van der Waals surface area contributed by atoms with Gasteiger partial charge in [-0.1, -0.05) is 135 Å². The van der Waals surface area contributed by atoms with Crippen molar-refractivity contribution >= 4 is 36.6 Å². The topological polar surface area (TPSA) is 40.9 Å². The smallest absolute Gasteiger partial charge is 1.00 e. The van der Waals surface area contributed by atoms with Gasteiger partial charge in [0.2, 0.25) is 0 Å². The normalized spacial score (nSPS) is 9.36. The van der Waals surface area contributed by atoms with Crippen LogP contribution in [0.1, 0.15) is 71.1 Å². The van der Waals surface area contributed by atoms with Crippen molar-refractivity contribution in [2.45, 2.75) is 71.1 Å². The van der Waals surface area contributed by atoms with Gasteiger partial charge in [-0.15, -0.1) is 29.7 Å². The van der Waals surface area contributed by atoms with Gasteiger partial charge in [-0.2, -0.15) is 17.5 Å². The molecule has 39 heavy (non-hydrogen) atoms. The van der Waals surface area contributed by atoms with E-state index in [0.717, 1.165) is 22.4 Å². The molecule has 0 heterocycles. The minimum atomic E-state index is -0.409. The molecule has 0 aliphatic heterocycles. The average molecular weight is 745 g/mol. The van der Waals surface area contributed by atoms with Crippen LogP contribution in [0.25, 0.3) is 16.5 Å². The van der Waals surface area contributed by atoms with Gasteiger partial charge in [-0.25, -0.2) is 0 Å². The number of carbonyl (C=O) groups excluding carboxylic acids is 1.